The van der Waals surface area contributed by atoms with Crippen LogP contribution in [0.2, 0.25) is 0 Å². The number of carbonyl (C=O) groups excluding carboxylic acids is 2. The Kier molecular flexibility index (Phi) is 4.84. The zero-order valence-electron chi connectivity index (χ0n) is 15.6. The molecule has 4 rings (SSSR count). The highest BCUT2D eigenvalue weighted by atomic mass is 16.2. The molecule has 2 aliphatic heterocycles. The van der Waals surface area contributed by atoms with Crippen LogP contribution < -0.4 is 10.2 Å². The summed E-state index contributed by atoms with van der Waals surface area (Å²) in [5.74, 6) is 0.0358. The van der Waals surface area contributed by atoms with Crippen LogP contribution in [0.1, 0.15) is 40.4 Å². The van der Waals surface area contributed by atoms with Gasteiger partial charge >= 0.3 is 0 Å². The summed E-state index contributed by atoms with van der Waals surface area (Å²) in [5.41, 5.74) is 4.15. The Morgan fingerprint density at radius 3 is 2.67 bits per heavy atom. The van der Waals surface area contributed by atoms with Gasteiger partial charge in [-0.2, -0.15) is 0 Å². The monoisotopic (exact) mass is 363 g/mol. The lowest BCUT2D eigenvalue weighted by molar-refractivity contribution is -0.131. The number of nitrogens with one attached hydrogen (secondary N) is 1. The fraction of sp³-hybridized carbons (Fsp3) is 0.364. The molecule has 1 saturated heterocycles. The molecule has 2 amide bonds. The van der Waals surface area contributed by atoms with Crippen molar-refractivity contribution in [3.05, 3.63) is 65.2 Å². The van der Waals surface area contributed by atoms with Crippen LogP contribution in [0.4, 0.5) is 5.69 Å². The molecule has 5 nitrogen and oxygen atoms in total. The average molecular weight is 363 g/mol. The lowest BCUT2D eigenvalue weighted by Crippen LogP contribution is -2.37. The summed E-state index contributed by atoms with van der Waals surface area (Å²) in [7, 11) is 0. The second-order valence-electron chi connectivity index (χ2n) is 7.33. The minimum atomic E-state index is -0.211. The number of benzene rings is 2. The number of anilines is 1. The third kappa shape index (κ3) is 3.54. The van der Waals surface area contributed by atoms with Crippen LogP contribution in [-0.2, 0) is 4.79 Å². The van der Waals surface area contributed by atoms with E-state index in [4.69, 9.17) is 0 Å². The summed E-state index contributed by atoms with van der Waals surface area (Å²) >= 11 is 0. The van der Waals surface area contributed by atoms with Gasteiger partial charge in [0.25, 0.3) is 5.91 Å². The fourth-order valence-electron chi connectivity index (χ4n) is 4.11. The number of para-hydroxylation sites is 1. The van der Waals surface area contributed by atoms with Gasteiger partial charge in [0.05, 0.1) is 12.5 Å². The number of nitrogens with zero attached hydrogens (tertiary/aromatic N) is 2. The van der Waals surface area contributed by atoms with E-state index in [2.05, 4.69) is 41.4 Å². The van der Waals surface area contributed by atoms with E-state index in [0.717, 1.165) is 38.2 Å². The van der Waals surface area contributed by atoms with E-state index >= 15 is 0 Å². The Bertz CT molecular complexity index is 864. The quantitative estimate of drug-likeness (QED) is 0.912. The predicted molar refractivity (Wildman–Crippen MR) is 106 cm³/mol. The number of fused-ring (bicyclic) bond motifs is 1. The van der Waals surface area contributed by atoms with Crippen molar-refractivity contribution in [2.45, 2.75) is 25.8 Å². The van der Waals surface area contributed by atoms with Crippen LogP contribution in [-0.4, -0.2) is 42.9 Å². The van der Waals surface area contributed by atoms with E-state index < -0.39 is 0 Å². The Morgan fingerprint density at radius 2 is 1.81 bits per heavy atom. The molecule has 5 heteroatoms. The van der Waals surface area contributed by atoms with Gasteiger partial charge in [-0.15, -0.1) is 0 Å². The fourth-order valence-corrected chi connectivity index (χ4v) is 4.11. The maximum atomic E-state index is 12.9. The summed E-state index contributed by atoms with van der Waals surface area (Å²) in [6.07, 6.45) is 1.28. The van der Waals surface area contributed by atoms with Gasteiger partial charge in [-0.1, -0.05) is 36.4 Å². The molecule has 2 aromatic carbocycles. The van der Waals surface area contributed by atoms with Gasteiger partial charge in [-0.25, -0.2) is 0 Å². The Hall–Kier alpha value is -2.82. The number of aryl methyl sites for hydroxylation is 1. The topological polar surface area (TPSA) is 52.6 Å². The summed E-state index contributed by atoms with van der Waals surface area (Å²) in [6, 6.07) is 15.7. The number of hydrogen-bond donors (Lipinski definition) is 1. The molecule has 2 aliphatic rings. The van der Waals surface area contributed by atoms with Crippen LogP contribution in [0.15, 0.2) is 48.5 Å². The van der Waals surface area contributed by atoms with Crippen LogP contribution >= 0.6 is 0 Å². The first-order chi connectivity index (χ1) is 13.1. The third-order valence-corrected chi connectivity index (χ3v) is 5.57. The molecule has 0 aromatic heterocycles. The van der Waals surface area contributed by atoms with Gasteiger partial charge in [0.15, 0.2) is 0 Å². The van der Waals surface area contributed by atoms with Gasteiger partial charge in [0, 0.05) is 37.4 Å². The average Bonchev–Trinajstić information content (AvgIpc) is 2.85. The predicted octanol–water partition coefficient (Wildman–Crippen LogP) is 2.91. The van der Waals surface area contributed by atoms with Gasteiger partial charge in [-0.3, -0.25) is 9.59 Å². The molecule has 2 heterocycles. The summed E-state index contributed by atoms with van der Waals surface area (Å²) < 4.78 is 0. The molecular formula is C22H25N3O2. The van der Waals surface area contributed by atoms with Crippen LogP contribution in [0.25, 0.3) is 0 Å². The smallest absolute Gasteiger partial charge is 0.252 e. The molecule has 1 unspecified atom stereocenters. The van der Waals surface area contributed by atoms with E-state index in [9.17, 15) is 9.59 Å². The minimum absolute atomic E-state index is 0.0787. The largest absolute Gasteiger partial charge is 0.369 e. The van der Waals surface area contributed by atoms with E-state index in [0.29, 0.717) is 12.0 Å². The van der Waals surface area contributed by atoms with Crippen LogP contribution in [0.3, 0.4) is 0 Å². The van der Waals surface area contributed by atoms with E-state index in [1.807, 2.05) is 29.2 Å². The van der Waals surface area contributed by atoms with Crippen LogP contribution in [0.5, 0.6) is 0 Å². The second kappa shape index (κ2) is 7.43. The minimum Gasteiger partial charge on any atom is -0.369 e. The van der Waals surface area contributed by atoms with Crippen LogP contribution in [0, 0.1) is 6.92 Å². The van der Waals surface area contributed by atoms with Crippen molar-refractivity contribution in [2.24, 2.45) is 0 Å². The molecule has 0 radical (unpaired) electrons. The molecule has 0 spiro atoms. The zero-order chi connectivity index (χ0) is 18.8. The van der Waals surface area contributed by atoms with E-state index in [1.54, 1.807) is 0 Å². The summed E-state index contributed by atoms with van der Waals surface area (Å²) in [6.45, 7) is 5.41. The van der Waals surface area contributed by atoms with E-state index in [-0.39, 0.29) is 17.9 Å². The highest BCUT2D eigenvalue weighted by Crippen LogP contribution is 2.28. The lowest BCUT2D eigenvalue weighted by atomic mass is 10.0. The molecule has 0 aliphatic carbocycles. The molecule has 140 valence electrons. The SMILES string of the molecule is Cc1ccccc1N1CCCN(C(=O)CC2NC(=O)c3ccccc32)CC1. The first kappa shape index (κ1) is 17.6. The highest BCUT2D eigenvalue weighted by molar-refractivity contribution is 5.99. The van der Waals surface area contributed by atoms with Crippen molar-refractivity contribution in [3.8, 4) is 0 Å². The number of rotatable bonds is 3. The second-order valence-corrected chi connectivity index (χ2v) is 7.33. The Balaban J connectivity index is 1.41. The standard InChI is InChI=1S/C22H25N3O2/c1-16-7-2-5-10-20(16)24-11-6-12-25(14-13-24)21(26)15-19-17-8-3-4-9-18(17)22(27)23-19/h2-5,7-10,19H,6,11-15H2,1H3,(H,23,27). The van der Waals surface area contributed by atoms with Crippen molar-refractivity contribution in [3.63, 3.8) is 0 Å². The molecule has 0 bridgehead atoms. The molecular weight excluding hydrogens is 338 g/mol. The van der Waals surface area contributed by atoms with Crippen molar-refractivity contribution in [1.29, 1.82) is 0 Å². The number of hydrogen-bond acceptors (Lipinski definition) is 3. The molecule has 1 fully saturated rings. The van der Waals surface area contributed by atoms with Crippen molar-refractivity contribution in [2.75, 3.05) is 31.1 Å². The molecule has 2 aromatic rings. The van der Waals surface area contributed by atoms with E-state index in [1.165, 1.54) is 11.3 Å². The van der Waals surface area contributed by atoms with Gasteiger partial charge in [-0.05, 0) is 36.6 Å². The Labute approximate surface area is 160 Å². The van der Waals surface area contributed by atoms with Gasteiger partial charge < -0.3 is 15.1 Å². The maximum Gasteiger partial charge on any atom is 0.252 e. The normalized spacial score (nSPS) is 19.4. The number of amides is 2. The summed E-state index contributed by atoms with van der Waals surface area (Å²) in [4.78, 5) is 29.3. The first-order valence-corrected chi connectivity index (χ1v) is 9.61. The van der Waals surface area contributed by atoms with Crippen molar-refractivity contribution in [1.82, 2.24) is 10.2 Å². The number of carbonyl (C=O) groups is 2. The van der Waals surface area contributed by atoms with Crippen molar-refractivity contribution >= 4 is 17.5 Å². The summed E-state index contributed by atoms with van der Waals surface area (Å²) in [5, 5.41) is 2.95. The van der Waals surface area contributed by atoms with Gasteiger partial charge in [0.1, 0.15) is 0 Å². The first-order valence-electron chi connectivity index (χ1n) is 9.61. The molecule has 0 saturated carbocycles. The third-order valence-electron chi connectivity index (χ3n) is 5.57. The molecule has 27 heavy (non-hydrogen) atoms. The molecule has 1 atom stereocenters. The maximum absolute atomic E-state index is 12.9. The van der Waals surface area contributed by atoms with Crippen molar-refractivity contribution < 1.29 is 9.59 Å². The zero-order valence-corrected chi connectivity index (χ0v) is 15.6. The molecule has 1 N–H and O–H groups in total. The lowest BCUT2D eigenvalue weighted by Gasteiger charge is -2.25. The Morgan fingerprint density at radius 1 is 1.04 bits per heavy atom. The van der Waals surface area contributed by atoms with Gasteiger partial charge in [0.2, 0.25) is 5.91 Å². The highest BCUT2D eigenvalue weighted by Gasteiger charge is 2.31.